The number of halogens is 1. The maximum Gasteiger partial charge on any atom is 0.178 e. The van der Waals surface area contributed by atoms with E-state index < -0.39 is 0 Å². The summed E-state index contributed by atoms with van der Waals surface area (Å²) in [6.07, 6.45) is 0. The summed E-state index contributed by atoms with van der Waals surface area (Å²) in [5.41, 5.74) is 8.52. The summed E-state index contributed by atoms with van der Waals surface area (Å²) < 4.78 is 0.885. The molecule has 0 aliphatic heterocycles. The van der Waals surface area contributed by atoms with Crippen LogP contribution >= 0.6 is 34.7 Å². The Morgan fingerprint density at radius 2 is 2.31 bits per heavy atom. The quantitative estimate of drug-likeness (QED) is 0.930. The molecule has 0 aliphatic rings. The summed E-state index contributed by atoms with van der Waals surface area (Å²) in [5.74, 6) is 0. The molecule has 0 aliphatic carbocycles. The topological polar surface area (TPSA) is 51.8 Å². The Balaban J connectivity index is 2.23. The molecule has 1 aromatic heterocycles. The number of nitrogens with zero attached hydrogens (tertiary/aromatic N) is 2. The smallest absolute Gasteiger partial charge is 0.178 e. The molecule has 0 saturated heterocycles. The van der Waals surface area contributed by atoms with Crippen LogP contribution in [0.3, 0.4) is 0 Å². The van der Waals surface area contributed by atoms with Gasteiger partial charge in [0.05, 0.1) is 5.02 Å². The van der Waals surface area contributed by atoms with Crippen LogP contribution in [0, 0.1) is 0 Å². The van der Waals surface area contributed by atoms with Crippen molar-refractivity contribution in [1.82, 2.24) is 10.2 Å². The Morgan fingerprint density at radius 1 is 1.50 bits per heavy atom. The average Bonchev–Trinajstić information content (AvgIpc) is 2.73. The maximum absolute atomic E-state index is 6.17. The van der Waals surface area contributed by atoms with Gasteiger partial charge in [0.2, 0.25) is 0 Å². The van der Waals surface area contributed by atoms with Crippen molar-refractivity contribution in [1.29, 1.82) is 0 Å². The van der Waals surface area contributed by atoms with Gasteiger partial charge in [0, 0.05) is 10.9 Å². The lowest BCUT2D eigenvalue weighted by Gasteiger charge is -2.08. The molecule has 2 N–H and O–H groups in total. The van der Waals surface area contributed by atoms with Crippen LogP contribution in [0.1, 0.15) is 18.5 Å². The molecule has 16 heavy (non-hydrogen) atoms. The van der Waals surface area contributed by atoms with Gasteiger partial charge in [0.15, 0.2) is 4.34 Å². The number of benzene rings is 1. The number of rotatable bonds is 3. The van der Waals surface area contributed by atoms with E-state index in [1.807, 2.05) is 25.1 Å². The molecule has 1 heterocycles. The van der Waals surface area contributed by atoms with Crippen LogP contribution in [-0.2, 0) is 0 Å². The summed E-state index contributed by atoms with van der Waals surface area (Å²) in [4.78, 5) is 0.975. The van der Waals surface area contributed by atoms with Crippen LogP contribution in [0.25, 0.3) is 0 Å². The second-order valence-electron chi connectivity index (χ2n) is 3.29. The van der Waals surface area contributed by atoms with Crippen molar-refractivity contribution in [3.63, 3.8) is 0 Å². The fourth-order valence-electron chi connectivity index (χ4n) is 1.18. The minimum Gasteiger partial charge on any atom is -0.324 e. The van der Waals surface area contributed by atoms with E-state index in [2.05, 4.69) is 10.2 Å². The minimum absolute atomic E-state index is 0.00178. The van der Waals surface area contributed by atoms with Crippen LogP contribution < -0.4 is 5.73 Å². The van der Waals surface area contributed by atoms with Gasteiger partial charge in [-0.2, -0.15) is 0 Å². The molecule has 3 nitrogen and oxygen atoms in total. The first-order valence-electron chi connectivity index (χ1n) is 4.66. The molecule has 0 amide bonds. The zero-order valence-corrected chi connectivity index (χ0v) is 10.9. The SMILES string of the molecule is CC(N)c1ccc(Sc2nncs2)c(Cl)c1. The Hall–Kier alpha value is -0.620. The molecule has 2 aromatic rings. The van der Waals surface area contributed by atoms with Crippen LogP contribution in [-0.4, -0.2) is 10.2 Å². The van der Waals surface area contributed by atoms with Crippen molar-refractivity contribution in [2.24, 2.45) is 5.73 Å². The van der Waals surface area contributed by atoms with Crippen LogP contribution in [0.5, 0.6) is 0 Å². The number of hydrogen-bond donors (Lipinski definition) is 1. The second-order valence-corrected chi connectivity index (χ2v) is 5.81. The molecule has 0 saturated carbocycles. The van der Waals surface area contributed by atoms with Crippen LogP contribution in [0.15, 0.2) is 32.9 Å². The van der Waals surface area contributed by atoms with Crippen molar-refractivity contribution in [3.8, 4) is 0 Å². The number of aromatic nitrogens is 2. The van der Waals surface area contributed by atoms with E-state index >= 15 is 0 Å². The van der Waals surface area contributed by atoms with Crippen molar-refractivity contribution in [2.75, 3.05) is 0 Å². The molecule has 0 bridgehead atoms. The molecule has 2 rings (SSSR count). The third kappa shape index (κ3) is 2.74. The second kappa shape index (κ2) is 5.14. The van der Waals surface area contributed by atoms with Gasteiger partial charge in [0.1, 0.15) is 5.51 Å². The highest BCUT2D eigenvalue weighted by molar-refractivity contribution is 8.01. The van der Waals surface area contributed by atoms with E-state index in [0.29, 0.717) is 5.02 Å². The molecule has 6 heteroatoms. The Morgan fingerprint density at radius 3 is 2.88 bits per heavy atom. The predicted molar refractivity (Wildman–Crippen MR) is 68.1 cm³/mol. The molecule has 0 fully saturated rings. The Kier molecular flexibility index (Phi) is 3.81. The largest absolute Gasteiger partial charge is 0.324 e. The number of hydrogen-bond acceptors (Lipinski definition) is 5. The van der Waals surface area contributed by atoms with Gasteiger partial charge in [-0.05, 0) is 24.6 Å². The highest BCUT2D eigenvalue weighted by Crippen LogP contribution is 2.34. The maximum atomic E-state index is 6.17. The first-order valence-corrected chi connectivity index (χ1v) is 6.73. The van der Waals surface area contributed by atoms with Gasteiger partial charge in [-0.3, -0.25) is 0 Å². The molecule has 0 spiro atoms. The lowest BCUT2D eigenvalue weighted by molar-refractivity contribution is 0.817. The molecule has 1 aromatic carbocycles. The molecular formula is C10H10ClN3S2. The van der Waals surface area contributed by atoms with Crippen molar-refractivity contribution >= 4 is 34.7 Å². The standard InChI is InChI=1S/C10H10ClN3S2/c1-6(12)7-2-3-9(8(11)4-7)16-10-14-13-5-15-10/h2-6H,12H2,1H3. The van der Waals surface area contributed by atoms with Gasteiger partial charge >= 0.3 is 0 Å². The average molecular weight is 272 g/mol. The van der Waals surface area contributed by atoms with Gasteiger partial charge in [0.25, 0.3) is 0 Å². The molecule has 1 unspecified atom stereocenters. The van der Waals surface area contributed by atoms with E-state index in [9.17, 15) is 0 Å². The fourth-order valence-corrected chi connectivity index (χ4v) is 2.93. The summed E-state index contributed by atoms with van der Waals surface area (Å²) in [6, 6.07) is 5.85. The minimum atomic E-state index is -0.00178. The van der Waals surface area contributed by atoms with Crippen molar-refractivity contribution in [2.45, 2.75) is 22.2 Å². The van der Waals surface area contributed by atoms with Crippen LogP contribution in [0.2, 0.25) is 5.02 Å². The first kappa shape index (κ1) is 11.9. The normalized spacial score (nSPS) is 12.7. The molecular weight excluding hydrogens is 262 g/mol. The van der Waals surface area contributed by atoms with Gasteiger partial charge in [-0.1, -0.05) is 40.8 Å². The summed E-state index contributed by atoms with van der Waals surface area (Å²) in [7, 11) is 0. The molecule has 84 valence electrons. The first-order chi connectivity index (χ1) is 7.66. The van der Waals surface area contributed by atoms with E-state index in [1.54, 1.807) is 5.51 Å². The highest BCUT2D eigenvalue weighted by atomic mass is 35.5. The monoisotopic (exact) mass is 271 g/mol. The van der Waals surface area contributed by atoms with Crippen LogP contribution in [0.4, 0.5) is 0 Å². The van der Waals surface area contributed by atoms with Gasteiger partial charge in [-0.25, -0.2) is 0 Å². The van der Waals surface area contributed by atoms with E-state index in [1.165, 1.54) is 23.1 Å². The zero-order valence-electron chi connectivity index (χ0n) is 8.55. The Bertz CT molecular complexity index is 471. The fraction of sp³-hybridized carbons (Fsp3) is 0.200. The third-order valence-electron chi connectivity index (χ3n) is 2.02. The zero-order chi connectivity index (χ0) is 11.5. The lowest BCUT2D eigenvalue weighted by Crippen LogP contribution is -2.04. The van der Waals surface area contributed by atoms with Crippen molar-refractivity contribution < 1.29 is 0 Å². The van der Waals surface area contributed by atoms with E-state index in [4.69, 9.17) is 17.3 Å². The van der Waals surface area contributed by atoms with Gasteiger partial charge < -0.3 is 5.73 Å². The predicted octanol–water partition coefficient (Wildman–Crippen LogP) is 3.36. The van der Waals surface area contributed by atoms with E-state index in [-0.39, 0.29) is 6.04 Å². The number of nitrogens with two attached hydrogens (primary N) is 1. The highest BCUT2D eigenvalue weighted by Gasteiger charge is 2.07. The summed E-state index contributed by atoms with van der Waals surface area (Å²) >= 11 is 9.18. The molecule has 1 atom stereocenters. The Labute approximate surface area is 107 Å². The van der Waals surface area contributed by atoms with Gasteiger partial charge in [-0.15, -0.1) is 10.2 Å². The third-order valence-corrected chi connectivity index (χ3v) is 4.30. The van der Waals surface area contributed by atoms with Crippen molar-refractivity contribution in [3.05, 3.63) is 34.3 Å². The molecule has 0 radical (unpaired) electrons. The lowest BCUT2D eigenvalue weighted by atomic mass is 10.1. The summed E-state index contributed by atoms with van der Waals surface area (Å²) in [6.45, 7) is 1.93. The van der Waals surface area contributed by atoms with E-state index in [0.717, 1.165) is 14.8 Å². The summed E-state index contributed by atoms with van der Waals surface area (Å²) in [5, 5.41) is 8.44.